The van der Waals surface area contributed by atoms with Crippen molar-refractivity contribution in [3.63, 3.8) is 0 Å². The van der Waals surface area contributed by atoms with Gasteiger partial charge in [-0.25, -0.2) is 0 Å². The number of para-hydroxylation sites is 3. The number of nitrogens with zero attached hydrogens (tertiary/aromatic N) is 2. The predicted octanol–water partition coefficient (Wildman–Crippen LogP) is 13.1. The highest BCUT2D eigenvalue weighted by Gasteiger charge is 2.21. The third-order valence-corrected chi connectivity index (χ3v) is 10.7. The van der Waals surface area contributed by atoms with Crippen LogP contribution in [0.1, 0.15) is 0 Å². The Labute approximate surface area is 279 Å². The molecule has 9 aromatic rings. The largest absolute Gasteiger partial charge is 0.310 e. The second-order valence-corrected chi connectivity index (χ2v) is 13.4. The third kappa shape index (κ3) is 4.37. The number of hydrogen-bond acceptors (Lipinski definition) is 2. The smallest absolute Gasteiger partial charge is 0.0548 e. The summed E-state index contributed by atoms with van der Waals surface area (Å²) in [5.41, 5.74) is 9.24. The van der Waals surface area contributed by atoms with Crippen LogP contribution in [0, 0.1) is 0 Å². The summed E-state index contributed by atoms with van der Waals surface area (Å²) >= 11 is 5.70. The molecule has 218 valence electrons. The van der Waals surface area contributed by atoms with Gasteiger partial charge in [0.15, 0.2) is 0 Å². The number of rotatable bonds is 5. The maximum absolute atomic E-state index is 3.83. The minimum absolute atomic E-state index is 1.07. The van der Waals surface area contributed by atoms with E-state index < -0.39 is 0 Å². The van der Waals surface area contributed by atoms with E-state index in [1.165, 1.54) is 42.0 Å². The Hall–Kier alpha value is -5.16. The summed E-state index contributed by atoms with van der Waals surface area (Å²) in [6, 6.07) is 59.0. The van der Waals surface area contributed by atoms with E-state index in [1.54, 1.807) is 0 Å². The lowest BCUT2D eigenvalue weighted by Gasteiger charge is -2.28. The van der Waals surface area contributed by atoms with E-state index in [1.807, 2.05) is 11.3 Å². The number of hydrogen-bond donors (Lipinski definition) is 0. The van der Waals surface area contributed by atoms with Crippen molar-refractivity contribution in [3.8, 4) is 16.8 Å². The van der Waals surface area contributed by atoms with Gasteiger partial charge in [0, 0.05) is 58.0 Å². The van der Waals surface area contributed by atoms with Crippen LogP contribution in [0.5, 0.6) is 0 Å². The summed E-state index contributed by atoms with van der Waals surface area (Å²) in [6.45, 7) is 0. The Kier molecular flexibility index (Phi) is 6.51. The lowest BCUT2D eigenvalue weighted by atomic mass is 10.0. The summed E-state index contributed by atoms with van der Waals surface area (Å²) in [4.78, 5) is 2.39. The molecule has 0 aliphatic heterocycles. The molecule has 0 amide bonds. The molecule has 0 unspecified atom stereocenters. The lowest BCUT2D eigenvalue weighted by Crippen LogP contribution is -2.11. The molecule has 46 heavy (non-hydrogen) atoms. The summed E-state index contributed by atoms with van der Waals surface area (Å²) in [5, 5.41) is 5.11. The summed E-state index contributed by atoms with van der Waals surface area (Å²) in [5.74, 6) is 0. The third-order valence-electron chi connectivity index (χ3n) is 8.84. The van der Waals surface area contributed by atoms with Crippen LogP contribution in [0.2, 0.25) is 0 Å². The van der Waals surface area contributed by atoms with Gasteiger partial charge in [-0.1, -0.05) is 107 Å². The zero-order valence-electron chi connectivity index (χ0n) is 24.8. The van der Waals surface area contributed by atoms with Crippen LogP contribution >= 0.6 is 27.3 Å². The predicted molar refractivity (Wildman–Crippen MR) is 201 cm³/mol. The molecule has 0 aliphatic rings. The number of aromatic nitrogens is 1. The number of fused-ring (bicyclic) bond motifs is 6. The van der Waals surface area contributed by atoms with Gasteiger partial charge in [-0.05, 0) is 78.4 Å². The second kappa shape index (κ2) is 11.0. The van der Waals surface area contributed by atoms with E-state index in [2.05, 4.69) is 189 Å². The average Bonchev–Trinajstić information content (AvgIpc) is 3.63. The van der Waals surface area contributed by atoms with E-state index in [0.29, 0.717) is 0 Å². The van der Waals surface area contributed by atoms with Crippen LogP contribution in [-0.2, 0) is 0 Å². The van der Waals surface area contributed by atoms with Crippen LogP contribution < -0.4 is 4.90 Å². The Morgan fingerprint density at radius 1 is 0.457 bits per heavy atom. The van der Waals surface area contributed by atoms with E-state index in [-0.39, 0.29) is 0 Å². The van der Waals surface area contributed by atoms with Gasteiger partial charge in [0.1, 0.15) is 0 Å². The maximum Gasteiger partial charge on any atom is 0.0548 e. The zero-order valence-corrected chi connectivity index (χ0v) is 27.2. The summed E-state index contributed by atoms with van der Waals surface area (Å²) < 4.78 is 6.12. The van der Waals surface area contributed by atoms with Crippen molar-refractivity contribution in [3.05, 3.63) is 168 Å². The van der Waals surface area contributed by atoms with Crippen molar-refractivity contribution < 1.29 is 0 Å². The van der Waals surface area contributed by atoms with Gasteiger partial charge in [0.05, 0.1) is 16.7 Å². The molecule has 2 nitrogen and oxygen atoms in total. The van der Waals surface area contributed by atoms with Gasteiger partial charge in [0.2, 0.25) is 0 Å². The molecular weight excluding hydrogens is 644 g/mol. The van der Waals surface area contributed by atoms with Gasteiger partial charge >= 0.3 is 0 Å². The molecule has 0 fully saturated rings. The van der Waals surface area contributed by atoms with Gasteiger partial charge < -0.3 is 9.47 Å². The Morgan fingerprint density at radius 3 is 1.96 bits per heavy atom. The first-order chi connectivity index (χ1) is 22.7. The Bertz CT molecular complexity index is 2550. The monoisotopic (exact) mass is 670 g/mol. The van der Waals surface area contributed by atoms with Crippen molar-refractivity contribution in [1.82, 2.24) is 4.57 Å². The van der Waals surface area contributed by atoms with Gasteiger partial charge in [-0.15, -0.1) is 11.3 Å². The molecule has 0 bridgehead atoms. The zero-order chi connectivity index (χ0) is 30.6. The fourth-order valence-electron chi connectivity index (χ4n) is 6.80. The van der Waals surface area contributed by atoms with Crippen LogP contribution in [0.4, 0.5) is 17.1 Å². The molecule has 9 rings (SSSR count). The highest BCUT2D eigenvalue weighted by atomic mass is 79.9. The van der Waals surface area contributed by atoms with E-state index >= 15 is 0 Å². The van der Waals surface area contributed by atoms with Crippen molar-refractivity contribution in [2.45, 2.75) is 0 Å². The standard InChI is InChI=1S/C42H27BrN2S/c43-37-20-10-7-17-31(37)32-18-8-11-21-38(32)44(28-13-3-1-4-14-28)30-23-24-39-34(25-30)35-27-42-36(33-19-9-12-22-41(33)46-42)26-40(35)45(39)29-15-5-2-6-16-29/h1-27H. The van der Waals surface area contributed by atoms with Crippen LogP contribution in [0.15, 0.2) is 168 Å². The molecule has 2 heterocycles. The van der Waals surface area contributed by atoms with Crippen LogP contribution in [0.3, 0.4) is 0 Å². The minimum atomic E-state index is 1.07. The van der Waals surface area contributed by atoms with Crippen molar-refractivity contribution in [2.75, 3.05) is 4.90 Å². The topological polar surface area (TPSA) is 8.17 Å². The number of halogens is 1. The first-order valence-corrected chi connectivity index (χ1v) is 17.0. The SMILES string of the molecule is Brc1ccccc1-c1ccccc1N(c1ccccc1)c1ccc2c(c1)c1cc3sc4ccccc4c3cc1n2-c1ccccc1. The molecule has 0 saturated heterocycles. The Balaban J connectivity index is 1.34. The average molecular weight is 672 g/mol. The normalized spacial score (nSPS) is 11.6. The minimum Gasteiger partial charge on any atom is -0.310 e. The molecule has 0 spiro atoms. The highest BCUT2D eigenvalue weighted by Crippen LogP contribution is 2.45. The number of anilines is 3. The van der Waals surface area contributed by atoms with Gasteiger partial charge in [-0.2, -0.15) is 0 Å². The first-order valence-electron chi connectivity index (χ1n) is 15.4. The lowest BCUT2D eigenvalue weighted by molar-refractivity contribution is 1.18. The van der Waals surface area contributed by atoms with Crippen LogP contribution in [-0.4, -0.2) is 4.57 Å². The van der Waals surface area contributed by atoms with Crippen molar-refractivity contribution >= 4 is 86.3 Å². The van der Waals surface area contributed by atoms with Crippen LogP contribution in [0.25, 0.3) is 58.8 Å². The number of benzene rings is 7. The van der Waals surface area contributed by atoms with E-state index in [9.17, 15) is 0 Å². The molecule has 0 saturated carbocycles. The molecule has 0 atom stereocenters. The van der Waals surface area contributed by atoms with Gasteiger partial charge in [-0.3, -0.25) is 0 Å². The quantitative estimate of drug-likeness (QED) is 0.177. The molecular formula is C42H27BrN2S. The highest BCUT2D eigenvalue weighted by molar-refractivity contribution is 9.10. The first kappa shape index (κ1) is 27.2. The Morgan fingerprint density at radius 2 is 1.13 bits per heavy atom. The van der Waals surface area contributed by atoms with Crippen molar-refractivity contribution in [2.24, 2.45) is 0 Å². The molecule has 0 N–H and O–H groups in total. The molecule has 0 radical (unpaired) electrons. The second-order valence-electron chi connectivity index (χ2n) is 11.5. The van der Waals surface area contributed by atoms with Gasteiger partial charge in [0.25, 0.3) is 0 Å². The molecule has 4 heteroatoms. The van der Waals surface area contributed by atoms with E-state index in [0.717, 1.165) is 38.3 Å². The molecule has 7 aromatic carbocycles. The summed E-state index contributed by atoms with van der Waals surface area (Å²) in [6.07, 6.45) is 0. The molecule has 2 aromatic heterocycles. The van der Waals surface area contributed by atoms with E-state index in [4.69, 9.17) is 0 Å². The summed E-state index contributed by atoms with van der Waals surface area (Å²) in [7, 11) is 0. The number of thiophene rings is 1. The fraction of sp³-hybridized carbons (Fsp3) is 0. The maximum atomic E-state index is 3.83. The van der Waals surface area contributed by atoms with Crippen molar-refractivity contribution in [1.29, 1.82) is 0 Å². The molecule has 0 aliphatic carbocycles. The fourth-order valence-corrected chi connectivity index (χ4v) is 8.43.